The summed E-state index contributed by atoms with van der Waals surface area (Å²) in [6, 6.07) is 3.48. The average molecular weight is 226 g/mol. The minimum atomic E-state index is -0.00333. The zero-order valence-electron chi connectivity index (χ0n) is 8.16. The largest absolute Gasteiger partial charge is 0.323 e. The molecule has 2 heterocycles. The number of carbonyl (C=O) groups is 1. The van der Waals surface area contributed by atoms with Gasteiger partial charge in [0.1, 0.15) is 0 Å². The van der Waals surface area contributed by atoms with Crippen molar-refractivity contribution in [2.45, 2.75) is 6.42 Å². The van der Waals surface area contributed by atoms with Crippen LogP contribution in [0.4, 0.5) is 5.69 Å². The molecule has 15 heavy (non-hydrogen) atoms. The molecule has 1 amide bonds. The third-order valence-corrected chi connectivity index (χ3v) is 2.67. The van der Waals surface area contributed by atoms with Crippen molar-refractivity contribution >= 4 is 23.2 Å². The Morgan fingerprint density at radius 1 is 1.67 bits per heavy atom. The van der Waals surface area contributed by atoms with Crippen LogP contribution in [-0.4, -0.2) is 24.0 Å². The second-order valence-corrected chi connectivity index (χ2v) is 3.98. The fourth-order valence-corrected chi connectivity index (χ4v) is 1.60. The molecule has 80 valence electrons. The Balaban J connectivity index is 1.90. The molecule has 0 bridgehead atoms. The Kier molecular flexibility index (Phi) is 3.18. The predicted molar refractivity (Wildman–Crippen MR) is 58.9 cm³/mol. The molecule has 0 aromatic carbocycles. The van der Waals surface area contributed by atoms with Crippen molar-refractivity contribution in [3.63, 3.8) is 0 Å². The van der Waals surface area contributed by atoms with Crippen LogP contribution in [0.1, 0.15) is 6.42 Å². The van der Waals surface area contributed by atoms with Gasteiger partial charge in [0.2, 0.25) is 5.91 Å². The first kappa shape index (κ1) is 10.4. The van der Waals surface area contributed by atoms with E-state index in [4.69, 9.17) is 11.6 Å². The summed E-state index contributed by atoms with van der Waals surface area (Å²) in [6.45, 7) is 1.85. The second kappa shape index (κ2) is 4.59. The topological polar surface area (TPSA) is 54.0 Å². The first-order valence-electron chi connectivity index (χ1n) is 4.87. The number of halogens is 1. The standard InChI is InChI=1S/C10H12ClN3O/c11-10-8(2-1-3-13-10)14-9(15)4-7-5-12-6-7/h1-3,7,12H,4-6H2,(H,14,15). The zero-order chi connectivity index (χ0) is 10.7. The molecule has 5 heteroatoms. The van der Waals surface area contributed by atoms with Gasteiger partial charge in [0.05, 0.1) is 5.69 Å². The summed E-state index contributed by atoms with van der Waals surface area (Å²) in [5.74, 6) is 0.455. The van der Waals surface area contributed by atoms with E-state index in [2.05, 4.69) is 15.6 Å². The number of hydrogen-bond donors (Lipinski definition) is 2. The maximum atomic E-state index is 11.5. The van der Waals surface area contributed by atoms with Gasteiger partial charge < -0.3 is 10.6 Å². The lowest BCUT2D eigenvalue weighted by Gasteiger charge is -2.26. The van der Waals surface area contributed by atoms with E-state index >= 15 is 0 Å². The lowest BCUT2D eigenvalue weighted by molar-refractivity contribution is -0.117. The molecule has 1 aliphatic rings. The van der Waals surface area contributed by atoms with Crippen LogP contribution < -0.4 is 10.6 Å². The first-order valence-corrected chi connectivity index (χ1v) is 5.24. The lowest BCUT2D eigenvalue weighted by Crippen LogP contribution is -2.43. The van der Waals surface area contributed by atoms with Crippen LogP contribution in [0.25, 0.3) is 0 Å². The Hall–Kier alpha value is -1.13. The van der Waals surface area contributed by atoms with Crippen molar-refractivity contribution in [2.24, 2.45) is 5.92 Å². The third kappa shape index (κ3) is 2.67. The monoisotopic (exact) mass is 225 g/mol. The Bertz CT molecular complexity index is 365. The van der Waals surface area contributed by atoms with Crippen molar-refractivity contribution in [3.8, 4) is 0 Å². The summed E-state index contributed by atoms with van der Waals surface area (Å²) in [5, 5.41) is 6.20. The van der Waals surface area contributed by atoms with Gasteiger partial charge in [0.25, 0.3) is 0 Å². The second-order valence-electron chi connectivity index (χ2n) is 3.62. The number of amides is 1. The van der Waals surface area contributed by atoms with Crippen LogP contribution >= 0.6 is 11.6 Å². The minimum Gasteiger partial charge on any atom is -0.323 e. The van der Waals surface area contributed by atoms with Crippen LogP contribution in [0.15, 0.2) is 18.3 Å². The number of rotatable bonds is 3. The molecule has 2 rings (SSSR count). The number of aromatic nitrogens is 1. The third-order valence-electron chi connectivity index (χ3n) is 2.37. The van der Waals surface area contributed by atoms with Crippen molar-refractivity contribution < 1.29 is 4.79 Å². The number of carbonyl (C=O) groups excluding carboxylic acids is 1. The average Bonchev–Trinajstić information content (AvgIpc) is 2.16. The number of pyridine rings is 1. The Morgan fingerprint density at radius 3 is 3.07 bits per heavy atom. The highest BCUT2D eigenvalue weighted by atomic mass is 35.5. The zero-order valence-corrected chi connectivity index (χ0v) is 8.92. The molecule has 1 aromatic rings. The Labute approximate surface area is 93.0 Å². The van der Waals surface area contributed by atoms with Crippen LogP contribution in [0.5, 0.6) is 0 Å². The molecular formula is C10H12ClN3O. The number of hydrogen-bond acceptors (Lipinski definition) is 3. The van der Waals surface area contributed by atoms with Crippen molar-refractivity contribution in [3.05, 3.63) is 23.5 Å². The van der Waals surface area contributed by atoms with Crippen LogP contribution in [0.2, 0.25) is 5.15 Å². The highest BCUT2D eigenvalue weighted by molar-refractivity contribution is 6.32. The molecule has 4 nitrogen and oxygen atoms in total. The molecule has 1 fully saturated rings. The Morgan fingerprint density at radius 2 is 2.47 bits per heavy atom. The van der Waals surface area contributed by atoms with Gasteiger partial charge in [-0.1, -0.05) is 11.6 Å². The van der Waals surface area contributed by atoms with Gasteiger partial charge in [-0.05, 0) is 31.1 Å². The van der Waals surface area contributed by atoms with E-state index in [1.165, 1.54) is 0 Å². The van der Waals surface area contributed by atoms with E-state index in [1.807, 2.05) is 0 Å². The van der Waals surface area contributed by atoms with Gasteiger partial charge in [-0.3, -0.25) is 4.79 Å². The molecule has 0 spiro atoms. The maximum absolute atomic E-state index is 11.5. The van der Waals surface area contributed by atoms with Gasteiger partial charge in [-0.2, -0.15) is 0 Å². The predicted octanol–water partition coefficient (Wildman–Crippen LogP) is 1.28. The summed E-state index contributed by atoms with van der Waals surface area (Å²) in [4.78, 5) is 15.4. The summed E-state index contributed by atoms with van der Waals surface area (Å²) >= 11 is 5.81. The quantitative estimate of drug-likeness (QED) is 0.763. The van der Waals surface area contributed by atoms with Crippen LogP contribution in [0, 0.1) is 5.92 Å². The number of nitrogens with zero attached hydrogens (tertiary/aromatic N) is 1. The van der Waals surface area contributed by atoms with Crippen molar-refractivity contribution in [1.29, 1.82) is 0 Å². The normalized spacial score (nSPS) is 15.8. The number of nitrogens with one attached hydrogen (secondary N) is 2. The molecule has 1 saturated heterocycles. The SMILES string of the molecule is O=C(CC1CNC1)Nc1cccnc1Cl. The minimum absolute atomic E-state index is 0.00333. The van der Waals surface area contributed by atoms with E-state index in [9.17, 15) is 4.79 Å². The van der Waals surface area contributed by atoms with E-state index in [1.54, 1.807) is 18.3 Å². The molecule has 1 aromatic heterocycles. The van der Waals surface area contributed by atoms with Crippen molar-refractivity contribution in [2.75, 3.05) is 18.4 Å². The first-order chi connectivity index (χ1) is 7.25. The maximum Gasteiger partial charge on any atom is 0.224 e. The highest BCUT2D eigenvalue weighted by Gasteiger charge is 2.20. The van der Waals surface area contributed by atoms with Gasteiger partial charge in [-0.25, -0.2) is 4.98 Å². The molecule has 0 radical (unpaired) electrons. The molecule has 2 N–H and O–H groups in total. The molecule has 1 aliphatic heterocycles. The van der Waals surface area contributed by atoms with Crippen LogP contribution in [-0.2, 0) is 4.79 Å². The molecule has 0 unspecified atom stereocenters. The summed E-state index contributed by atoms with van der Waals surface area (Å²) in [5.41, 5.74) is 0.580. The summed E-state index contributed by atoms with van der Waals surface area (Å²) < 4.78 is 0. The van der Waals surface area contributed by atoms with Gasteiger partial charge in [0, 0.05) is 12.6 Å². The fraction of sp³-hybridized carbons (Fsp3) is 0.400. The van der Waals surface area contributed by atoms with E-state index < -0.39 is 0 Å². The smallest absolute Gasteiger partial charge is 0.224 e. The highest BCUT2D eigenvalue weighted by Crippen LogP contribution is 2.18. The molecule has 0 saturated carbocycles. The fourth-order valence-electron chi connectivity index (χ4n) is 1.44. The number of anilines is 1. The summed E-state index contributed by atoms with van der Waals surface area (Å²) in [6.07, 6.45) is 2.13. The van der Waals surface area contributed by atoms with Gasteiger partial charge >= 0.3 is 0 Å². The molecular weight excluding hydrogens is 214 g/mol. The van der Waals surface area contributed by atoms with E-state index in [-0.39, 0.29) is 5.91 Å². The van der Waals surface area contributed by atoms with Gasteiger partial charge in [0.15, 0.2) is 5.15 Å². The van der Waals surface area contributed by atoms with Crippen LogP contribution in [0.3, 0.4) is 0 Å². The van der Waals surface area contributed by atoms with E-state index in [0.29, 0.717) is 23.2 Å². The molecule has 0 aliphatic carbocycles. The van der Waals surface area contributed by atoms with Crippen molar-refractivity contribution in [1.82, 2.24) is 10.3 Å². The lowest BCUT2D eigenvalue weighted by atomic mass is 9.99. The van der Waals surface area contributed by atoms with E-state index in [0.717, 1.165) is 13.1 Å². The molecule has 0 atom stereocenters. The van der Waals surface area contributed by atoms with Gasteiger partial charge in [-0.15, -0.1) is 0 Å². The summed E-state index contributed by atoms with van der Waals surface area (Å²) in [7, 11) is 0.